The second-order valence-electron chi connectivity index (χ2n) is 6.54. The van der Waals surface area contributed by atoms with Gasteiger partial charge in [-0.2, -0.15) is 0 Å². The fraction of sp³-hybridized carbons (Fsp3) is 0.556. The molecule has 1 aromatic carbocycles. The summed E-state index contributed by atoms with van der Waals surface area (Å²) >= 11 is 1.55. The maximum Gasteiger partial charge on any atom is 0.214 e. The quantitative estimate of drug-likeness (QED) is 0.717. The predicted molar refractivity (Wildman–Crippen MR) is 104 cm³/mol. The fourth-order valence-corrected chi connectivity index (χ4v) is 5.80. The average Bonchev–Trinajstić information content (AvgIpc) is 3.17. The number of piperidine rings is 1. The minimum absolute atomic E-state index is 0.129. The molecule has 6 nitrogen and oxygen atoms in total. The van der Waals surface area contributed by atoms with Gasteiger partial charge >= 0.3 is 0 Å². The maximum absolute atomic E-state index is 12.5. The number of methoxy groups -OCH3 is 1. The third kappa shape index (κ3) is 4.42. The van der Waals surface area contributed by atoms with Gasteiger partial charge in [0.05, 0.1) is 12.9 Å². The number of benzene rings is 1. The van der Waals surface area contributed by atoms with E-state index >= 15 is 0 Å². The molecule has 0 spiro atoms. The minimum Gasteiger partial charge on any atom is -0.497 e. The van der Waals surface area contributed by atoms with Gasteiger partial charge in [0.2, 0.25) is 10.0 Å². The van der Waals surface area contributed by atoms with Crippen molar-refractivity contribution in [2.75, 3.05) is 26.0 Å². The molecule has 1 aliphatic rings. The zero-order chi connectivity index (χ0) is 18.6. The van der Waals surface area contributed by atoms with Crippen LogP contribution in [0, 0.1) is 0 Å². The predicted octanol–water partition coefficient (Wildman–Crippen LogP) is 3.52. The molecule has 0 unspecified atom stereocenters. The highest BCUT2D eigenvalue weighted by atomic mass is 32.2. The van der Waals surface area contributed by atoms with E-state index in [1.54, 1.807) is 22.8 Å². The number of aromatic nitrogens is 2. The molecular formula is C18H25N3O3S2. The summed E-state index contributed by atoms with van der Waals surface area (Å²) < 4.78 is 31.8. The number of nitrogens with zero attached hydrogens (tertiary/aromatic N) is 3. The molecule has 3 rings (SSSR count). The van der Waals surface area contributed by atoms with E-state index in [0.717, 1.165) is 40.6 Å². The van der Waals surface area contributed by atoms with Crippen LogP contribution in [0.1, 0.15) is 43.5 Å². The lowest BCUT2D eigenvalue weighted by Gasteiger charge is -2.30. The van der Waals surface area contributed by atoms with Crippen LogP contribution in [0.4, 0.5) is 0 Å². The average molecular weight is 396 g/mol. The number of hydrogen-bond acceptors (Lipinski definition) is 6. The summed E-state index contributed by atoms with van der Waals surface area (Å²) in [6, 6.07) is 7.73. The minimum atomic E-state index is -3.16. The first-order chi connectivity index (χ1) is 12.5. The third-order valence-corrected chi connectivity index (χ3v) is 7.72. The standard InChI is InChI=1S/C18H25N3O3S2/c1-3-4-12-26(22,23)21-11-5-6-15(13-21)18-20-19-17(25-18)14-7-9-16(24-2)10-8-14/h7-10,15H,3-6,11-13H2,1-2H3/t15-/m0/s1. The van der Waals surface area contributed by atoms with Gasteiger partial charge in [0.15, 0.2) is 0 Å². The highest BCUT2D eigenvalue weighted by molar-refractivity contribution is 7.89. The van der Waals surface area contributed by atoms with E-state index in [1.807, 2.05) is 31.2 Å². The number of unbranched alkanes of at least 4 members (excludes halogenated alkanes) is 1. The van der Waals surface area contributed by atoms with E-state index in [1.165, 1.54) is 0 Å². The van der Waals surface area contributed by atoms with Crippen LogP contribution in [0.25, 0.3) is 10.6 Å². The Balaban J connectivity index is 1.72. The van der Waals surface area contributed by atoms with Crippen molar-refractivity contribution in [2.45, 2.75) is 38.5 Å². The molecule has 1 atom stereocenters. The molecule has 1 aromatic heterocycles. The molecule has 142 valence electrons. The van der Waals surface area contributed by atoms with Crippen molar-refractivity contribution in [3.8, 4) is 16.3 Å². The topological polar surface area (TPSA) is 72.4 Å². The van der Waals surface area contributed by atoms with E-state index in [2.05, 4.69) is 10.2 Å². The van der Waals surface area contributed by atoms with Crippen LogP contribution in [0.3, 0.4) is 0 Å². The summed E-state index contributed by atoms with van der Waals surface area (Å²) in [7, 11) is -1.52. The van der Waals surface area contributed by atoms with Gasteiger partial charge in [0.1, 0.15) is 15.8 Å². The van der Waals surface area contributed by atoms with Crippen LogP contribution in [0.5, 0.6) is 5.75 Å². The zero-order valence-electron chi connectivity index (χ0n) is 15.2. The van der Waals surface area contributed by atoms with Crippen LogP contribution < -0.4 is 4.74 Å². The fourth-order valence-electron chi connectivity index (χ4n) is 3.10. The Morgan fingerprint density at radius 2 is 2.04 bits per heavy atom. The first-order valence-corrected chi connectivity index (χ1v) is 11.4. The first kappa shape index (κ1) is 19.3. The molecule has 1 saturated heterocycles. The van der Waals surface area contributed by atoms with E-state index in [9.17, 15) is 8.42 Å². The van der Waals surface area contributed by atoms with Gasteiger partial charge < -0.3 is 4.74 Å². The monoisotopic (exact) mass is 395 g/mol. The van der Waals surface area contributed by atoms with E-state index in [-0.39, 0.29) is 11.7 Å². The van der Waals surface area contributed by atoms with Crippen molar-refractivity contribution in [1.82, 2.24) is 14.5 Å². The maximum atomic E-state index is 12.5. The zero-order valence-corrected chi connectivity index (χ0v) is 16.9. The van der Waals surface area contributed by atoms with Crippen molar-refractivity contribution >= 4 is 21.4 Å². The third-order valence-electron chi connectivity index (χ3n) is 4.66. The summed E-state index contributed by atoms with van der Waals surface area (Å²) in [6.45, 7) is 3.15. The van der Waals surface area contributed by atoms with Crippen LogP contribution in [0.2, 0.25) is 0 Å². The van der Waals surface area contributed by atoms with Crippen LogP contribution in [-0.4, -0.2) is 48.9 Å². The Labute approximate surface area is 159 Å². The molecule has 0 saturated carbocycles. The molecule has 0 N–H and O–H groups in total. The second-order valence-corrected chi connectivity index (χ2v) is 9.64. The summed E-state index contributed by atoms with van der Waals surface area (Å²) in [5, 5.41) is 10.4. The Morgan fingerprint density at radius 3 is 2.73 bits per heavy atom. The lowest BCUT2D eigenvalue weighted by molar-refractivity contribution is 0.314. The number of sulfonamides is 1. The Hall–Kier alpha value is -1.51. The molecule has 1 fully saturated rings. The second kappa shape index (κ2) is 8.45. The summed E-state index contributed by atoms with van der Waals surface area (Å²) in [5.74, 6) is 1.17. The van der Waals surface area contributed by atoms with Gasteiger partial charge in [-0.15, -0.1) is 10.2 Å². The van der Waals surface area contributed by atoms with Gasteiger partial charge in [-0.05, 0) is 43.5 Å². The largest absolute Gasteiger partial charge is 0.497 e. The van der Waals surface area contributed by atoms with Crippen molar-refractivity contribution < 1.29 is 13.2 Å². The Morgan fingerprint density at radius 1 is 1.27 bits per heavy atom. The Bertz CT molecular complexity index is 818. The highest BCUT2D eigenvalue weighted by Crippen LogP contribution is 2.34. The number of ether oxygens (including phenoxy) is 1. The molecular weight excluding hydrogens is 370 g/mol. The van der Waals surface area contributed by atoms with Gasteiger partial charge in [-0.25, -0.2) is 12.7 Å². The van der Waals surface area contributed by atoms with Crippen LogP contribution in [-0.2, 0) is 10.0 Å². The van der Waals surface area contributed by atoms with E-state index in [0.29, 0.717) is 19.5 Å². The normalized spacial score (nSPS) is 18.8. The van der Waals surface area contributed by atoms with Crippen molar-refractivity contribution in [3.63, 3.8) is 0 Å². The van der Waals surface area contributed by atoms with Gasteiger partial charge in [-0.1, -0.05) is 24.7 Å². The highest BCUT2D eigenvalue weighted by Gasteiger charge is 2.31. The molecule has 0 amide bonds. The molecule has 8 heteroatoms. The van der Waals surface area contributed by atoms with Crippen molar-refractivity contribution in [1.29, 1.82) is 0 Å². The molecule has 2 heterocycles. The van der Waals surface area contributed by atoms with Crippen LogP contribution >= 0.6 is 11.3 Å². The SMILES string of the molecule is CCCCS(=O)(=O)N1CCC[C@H](c2nnc(-c3ccc(OC)cc3)s2)C1. The van der Waals surface area contributed by atoms with Gasteiger partial charge in [-0.3, -0.25) is 0 Å². The van der Waals surface area contributed by atoms with Gasteiger partial charge in [0.25, 0.3) is 0 Å². The lowest BCUT2D eigenvalue weighted by atomic mass is 10.0. The smallest absolute Gasteiger partial charge is 0.214 e. The van der Waals surface area contributed by atoms with Crippen molar-refractivity contribution in [3.05, 3.63) is 29.3 Å². The lowest BCUT2D eigenvalue weighted by Crippen LogP contribution is -2.40. The molecule has 1 aliphatic heterocycles. The van der Waals surface area contributed by atoms with Crippen molar-refractivity contribution in [2.24, 2.45) is 0 Å². The van der Waals surface area contributed by atoms with E-state index in [4.69, 9.17) is 4.74 Å². The summed E-state index contributed by atoms with van der Waals surface area (Å²) in [5.41, 5.74) is 0.998. The molecule has 0 bridgehead atoms. The van der Waals surface area contributed by atoms with E-state index < -0.39 is 10.0 Å². The summed E-state index contributed by atoms with van der Waals surface area (Å²) in [4.78, 5) is 0. The Kier molecular flexibility index (Phi) is 6.26. The first-order valence-electron chi connectivity index (χ1n) is 8.99. The molecule has 0 radical (unpaired) electrons. The van der Waals surface area contributed by atoms with Crippen LogP contribution in [0.15, 0.2) is 24.3 Å². The molecule has 2 aromatic rings. The van der Waals surface area contributed by atoms with Gasteiger partial charge in [0, 0.05) is 24.6 Å². The molecule has 0 aliphatic carbocycles. The number of hydrogen-bond donors (Lipinski definition) is 0. The summed E-state index contributed by atoms with van der Waals surface area (Å²) in [6.07, 6.45) is 3.42. The number of rotatable bonds is 7. The molecule has 26 heavy (non-hydrogen) atoms.